The van der Waals surface area contributed by atoms with Crippen LogP contribution in [0.2, 0.25) is 0 Å². The summed E-state index contributed by atoms with van der Waals surface area (Å²) >= 11 is 0. The van der Waals surface area contributed by atoms with Crippen LogP contribution in [0.1, 0.15) is 51.4 Å². The summed E-state index contributed by atoms with van der Waals surface area (Å²) in [5, 5.41) is 0. The van der Waals surface area contributed by atoms with Gasteiger partial charge in [-0.2, -0.15) is 17.0 Å². The lowest BCUT2D eigenvalue weighted by Gasteiger charge is -2.40. The summed E-state index contributed by atoms with van der Waals surface area (Å²) in [6.45, 7) is 1.75. The molecule has 0 aromatic heterocycles. The van der Waals surface area contributed by atoms with Gasteiger partial charge in [-0.25, -0.2) is 0 Å². The molecule has 4 unspecified atom stereocenters. The van der Waals surface area contributed by atoms with Gasteiger partial charge < -0.3 is 10.6 Å². The molecule has 4 rings (SSSR count). The van der Waals surface area contributed by atoms with E-state index in [1.54, 1.807) is 15.7 Å². The molecule has 7 nitrogen and oxygen atoms in total. The van der Waals surface area contributed by atoms with Crippen LogP contribution in [0.3, 0.4) is 0 Å². The standard InChI is InChI=1S/C19H34N4O3S/c1-21(16-5-3-2-4-6-16)27(25,26)23-11-9-22(10-12-23)19(24)17-14-7-8-15(13-14)18(17)20/h14-18H,2-13,20H2,1H3. The van der Waals surface area contributed by atoms with Crippen LogP contribution < -0.4 is 5.73 Å². The Morgan fingerprint density at radius 1 is 0.963 bits per heavy atom. The van der Waals surface area contributed by atoms with E-state index in [1.807, 2.05) is 4.90 Å². The topological polar surface area (TPSA) is 87.0 Å². The number of hydrogen-bond acceptors (Lipinski definition) is 4. The summed E-state index contributed by atoms with van der Waals surface area (Å²) in [5.41, 5.74) is 6.33. The zero-order chi connectivity index (χ0) is 19.2. The Bertz CT molecular complexity index is 654. The summed E-state index contributed by atoms with van der Waals surface area (Å²) in [6.07, 6.45) is 8.71. The lowest BCUT2D eigenvalue weighted by Crippen LogP contribution is -2.57. The first-order valence-corrected chi connectivity index (χ1v) is 12.1. The number of fused-ring (bicyclic) bond motifs is 2. The second-order valence-electron chi connectivity index (χ2n) is 8.98. The number of hydrogen-bond donors (Lipinski definition) is 1. The smallest absolute Gasteiger partial charge is 0.282 e. The Hall–Kier alpha value is -0.700. The molecule has 8 heteroatoms. The van der Waals surface area contributed by atoms with Crippen molar-refractivity contribution in [3.05, 3.63) is 0 Å². The van der Waals surface area contributed by atoms with Crippen LogP contribution in [0.25, 0.3) is 0 Å². The van der Waals surface area contributed by atoms with E-state index in [4.69, 9.17) is 5.73 Å². The highest BCUT2D eigenvalue weighted by Crippen LogP contribution is 2.48. The van der Waals surface area contributed by atoms with Crippen molar-refractivity contribution in [2.45, 2.75) is 63.5 Å². The van der Waals surface area contributed by atoms with E-state index in [1.165, 1.54) is 6.42 Å². The largest absolute Gasteiger partial charge is 0.340 e. The number of amides is 1. The lowest BCUT2D eigenvalue weighted by atomic mass is 9.84. The number of carbonyl (C=O) groups excluding carboxylic acids is 1. The van der Waals surface area contributed by atoms with Crippen molar-refractivity contribution in [3.63, 3.8) is 0 Å². The van der Waals surface area contributed by atoms with Crippen molar-refractivity contribution in [1.82, 2.24) is 13.5 Å². The van der Waals surface area contributed by atoms with E-state index in [2.05, 4.69) is 0 Å². The minimum absolute atomic E-state index is 0.00422. The lowest BCUT2D eigenvalue weighted by molar-refractivity contribution is -0.139. The predicted molar refractivity (Wildman–Crippen MR) is 104 cm³/mol. The van der Waals surface area contributed by atoms with E-state index in [-0.39, 0.29) is 23.9 Å². The average Bonchev–Trinajstić information content (AvgIpc) is 3.29. The molecule has 0 radical (unpaired) electrons. The second kappa shape index (κ2) is 7.61. The fourth-order valence-electron chi connectivity index (χ4n) is 5.87. The van der Waals surface area contributed by atoms with Crippen molar-refractivity contribution in [1.29, 1.82) is 0 Å². The van der Waals surface area contributed by atoms with Gasteiger partial charge in [-0.3, -0.25) is 4.79 Å². The molecule has 0 aromatic carbocycles. The van der Waals surface area contributed by atoms with Gasteiger partial charge in [-0.05, 0) is 43.9 Å². The Balaban J connectivity index is 1.35. The van der Waals surface area contributed by atoms with Crippen LogP contribution in [0.5, 0.6) is 0 Å². The third kappa shape index (κ3) is 3.54. The van der Waals surface area contributed by atoms with Crippen molar-refractivity contribution >= 4 is 16.1 Å². The maximum Gasteiger partial charge on any atom is 0.282 e. The molecule has 1 amide bonds. The monoisotopic (exact) mass is 398 g/mol. The van der Waals surface area contributed by atoms with Crippen molar-refractivity contribution in [3.8, 4) is 0 Å². The van der Waals surface area contributed by atoms with Crippen LogP contribution in [0.4, 0.5) is 0 Å². The third-order valence-electron chi connectivity index (χ3n) is 7.60. The van der Waals surface area contributed by atoms with Crippen molar-refractivity contribution < 1.29 is 13.2 Å². The number of nitrogens with two attached hydrogens (primary N) is 1. The minimum Gasteiger partial charge on any atom is -0.340 e. The van der Waals surface area contributed by atoms with Crippen LogP contribution >= 0.6 is 0 Å². The van der Waals surface area contributed by atoms with E-state index in [9.17, 15) is 13.2 Å². The quantitative estimate of drug-likeness (QED) is 0.766. The molecule has 154 valence electrons. The second-order valence-corrected chi connectivity index (χ2v) is 11.0. The van der Waals surface area contributed by atoms with E-state index in [0.29, 0.717) is 38.0 Å². The highest BCUT2D eigenvalue weighted by atomic mass is 32.2. The van der Waals surface area contributed by atoms with Crippen LogP contribution in [0.15, 0.2) is 0 Å². The Labute approximate surface area is 163 Å². The number of nitrogens with zero attached hydrogens (tertiary/aromatic N) is 3. The fraction of sp³-hybridized carbons (Fsp3) is 0.947. The molecular formula is C19H34N4O3S. The number of carbonyl (C=O) groups is 1. The summed E-state index contributed by atoms with van der Waals surface area (Å²) in [4.78, 5) is 14.9. The fourth-order valence-corrected chi connectivity index (χ4v) is 7.44. The van der Waals surface area contributed by atoms with Gasteiger partial charge in [0.1, 0.15) is 0 Å². The van der Waals surface area contributed by atoms with Gasteiger partial charge in [0, 0.05) is 45.3 Å². The summed E-state index contributed by atoms with van der Waals surface area (Å²) in [6, 6.07) is 0.117. The van der Waals surface area contributed by atoms with Gasteiger partial charge in [-0.15, -0.1) is 0 Å². The molecule has 2 N–H and O–H groups in total. The zero-order valence-corrected chi connectivity index (χ0v) is 17.2. The molecular weight excluding hydrogens is 364 g/mol. The first-order valence-electron chi connectivity index (χ1n) is 10.7. The molecule has 4 aliphatic rings. The summed E-state index contributed by atoms with van der Waals surface area (Å²) in [7, 11) is -1.73. The molecule has 3 saturated carbocycles. The Morgan fingerprint density at radius 3 is 2.19 bits per heavy atom. The predicted octanol–water partition coefficient (Wildman–Crippen LogP) is 1.01. The maximum absolute atomic E-state index is 13.0. The summed E-state index contributed by atoms with van der Waals surface area (Å²) in [5.74, 6) is 1.07. The molecule has 4 atom stereocenters. The number of rotatable bonds is 4. The Kier molecular flexibility index (Phi) is 5.53. The first kappa shape index (κ1) is 19.6. The highest BCUT2D eigenvalue weighted by molar-refractivity contribution is 7.86. The molecule has 1 saturated heterocycles. The van der Waals surface area contributed by atoms with E-state index < -0.39 is 10.2 Å². The average molecular weight is 399 g/mol. The Morgan fingerprint density at radius 2 is 1.59 bits per heavy atom. The van der Waals surface area contributed by atoms with Gasteiger partial charge in [0.15, 0.2) is 0 Å². The normalized spacial score (nSPS) is 35.9. The molecule has 1 aliphatic heterocycles. The molecule has 0 spiro atoms. The van der Waals surface area contributed by atoms with Crippen LogP contribution in [0, 0.1) is 17.8 Å². The molecule has 3 aliphatic carbocycles. The van der Waals surface area contributed by atoms with Gasteiger partial charge in [-0.1, -0.05) is 19.3 Å². The van der Waals surface area contributed by atoms with Crippen molar-refractivity contribution in [2.24, 2.45) is 23.5 Å². The molecule has 2 bridgehead atoms. The van der Waals surface area contributed by atoms with Crippen molar-refractivity contribution in [2.75, 3.05) is 33.2 Å². The number of piperazine rings is 1. The van der Waals surface area contributed by atoms with Gasteiger partial charge >= 0.3 is 0 Å². The molecule has 27 heavy (non-hydrogen) atoms. The van der Waals surface area contributed by atoms with Crippen LogP contribution in [-0.4, -0.2) is 73.1 Å². The third-order valence-corrected chi connectivity index (χ3v) is 9.64. The van der Waals surface area contributed by atoms with E-state index in [0.717, 1.165) is 44.9 Å². The van der Waals surface area contributed by atoms with Gasteiger partial charge in [0.2, 0.25) is 5.91 Å². The van der Waals surface area contributed by atoms with E-state index >= 15 is 0 Å². The minimum atomic E-state index is -3.44. The molecule has 4 fully saturated rings. The first-order chi connectivity index (χ1) is 12.9. The summed E-state index contributed by atoms with van der Waals surface area (Å²) < 4.78 is 29.1. The SMILES string of the molecule is CN(C1CCCCC1)S(=O)(=O)N1CCN(C(=O)C2C3CCC(C3)C2N)CC1. The molecule has 1 heterocycles. The zero-order valence-electron chi connectivity index (χ0n) is 16.4. The van der Waals surface area contributed by atoms with Gasteiger partial charge in [0.25, 0.3) is 10.2 Å². The highest BCUT2D eigenvalue weighted by Gasteiger charge is 2.50. The maximum atomic E-state index is 13.0. The van der Waals surface area contributed by atoms with Gasteiger partial charge in [0.05, 0.1) is 5.92 Å². The van der Waals surface area contributed by atoms with Crippen LogP contribution in [-0.2, 0) is 15.0 Å². The molecule has 0 aromatic rings.